The lowest BCUT2D eigenvalue weighted by molar-refractivity contribution is -0.140. The van der Waals surface area contributed by atoms with Crippen molar-refractivity contribution in [3.8, 4) is 0 Å². The Balaban J connectivity index is 1.45. The molecule has 1 amide bonds. The first kappa shape index (κ1) is 21.0. The molecule has 2 aromatic carbocycles. The molecule has 1 fully saturated rings. The molecule has 1 aromatic heterocycles. The van der Waals surface area contributed by atoms with Gasteiger partial charge in [-0.1, -0.05) is 30.3 Å². The first-order valence-corrected chi connectivity index (χ1v) is 9.93. The van der Waals surface area contributed by atoms with E-state index in [4.69, 9.17) is 0 Å². The maximum atomic E-state index is 13.7. The third-order valence-electron chi connectivity index (χ3n) is 5.40. The summed E-state index contributed by atoms with van der Waals surface area (Å²) < 4.78 is 54.5. The van der Waals surface area contributed by atoms with Crippen LogP contribution in [0.15, 0.2) is 48.5 Å². The molecule has 4 rings (SSSR count). The van der Waals surface area contributed by atoms with Gasteiger partial charge >= 0.3 is 6.18 Å². The topological polar surface area (TPSA) is 58.1 Å². The number of alkyl halides is 3. The summed E-state index contributed by atoms with van der Waals surface area (Å²) in [5, 5.41) is 2.72. The molecule has 1 saturated heterocycles. The van der Waals surface area contributed by atoms with Gasteiger partial charge in [-0.2, -0.15) is 13.2 Å². The molecule has 0 spiro atoms. The number of hydrogen-bond acceptors (Lipinski definition) is 4. The Morgan fingerprint density at radius 2 is 1.61 bits per heavy atom. The number of para-hydroxylation sites is 2. The zero-order valence-electron chi connectivity index (χ0n) is 16.5. The molecule has 2 heterocycles. The molecule has 0 atom stereocenters. The number of rotatable bonds is 4. The third-order valence-corrected chi connectivity index (χ3v) is 5.40. The summed E-state index contributed by atoms with van der Waals surface area (Å²) in [6.45, 7) is 0.557. The largest absolute Gasteiger partial charge is 0.437 e. The highest BCUT2D eigenvalue weighted by Gasteiger charge is 2.39. The van der Waals surface area contributed by atoms with Gasteiger partial charge in [-0.25, -0.2) is 14.4 Å². The van der Waals surface area contributed by atoms with Gasteiger partial charge in [-0.15, -0.1) is 0 Å². The number of nitrogens with zero attached hydrogens (tertiary/aromatic N) is 3. The van der Waals surface area contributed by atoms with Gasteiger partial charge in [0.2, 0.25) is 5.91 Å². The number of carbonyl (C=O) groups excluding carboxylic acids is 1. The van der Waals surface area contributed by atoms with Crippen LogP contribution in [0.5, 0.6) is 0 Å². The van der Waals surface area contributed by atoms with E-state index in [0.717, 1.165) is 0 Å². The fourth-order valence-electron chi connectivity index (χ4n) is 3.72. The average molecular weight is 432 g/mol. The smallest absolute Gasteiger partial charge is 0.355 e. The van der Waals surface area contributed by atoms with Crippen molar-refractivity contribution in [3.05, 3.63) is 65.6 Å². The van der Waals surface area contributed by atoms with E-state index >= 15 is 0 Å². The lowest BCUT2D eigenvalue weighted by Gasteiger charge is -2.33. The first-order chi connectivity index (χ1) is 14.8. The van der Waals surface area contributed by atoms with Crippen molar-refractivity contribution in [1.29, 1.82) is 0 Å². The van der Waals surface area contributed by atoms with Crippen LogP contribution < -0.4 is 10.2 Å². The number of nitrogens with one attached hydrogen (secondary N) is 1. The van der Waals surface area contributed by atoms with E-state index in [2.05, 4.69) is 15.3 Å². The molecule has 5 nitrogen and oxygen atoms in total. The number of amides is 1. The van der Waals surface area contributed by atoms with Crippen LogP contribution in [0.2, 0.25) is 0 Å². The fraction of sp³-hybridized carbons (Fsp3) is 0.318. The van der Waals surface area contributed by atoms with Crippen LogP contribution in [0.3, 0.4) is 0 Å². The van der Waals surface area contributed by atoms with Crippen LogP contribution in [0.25, 0.3) is 11.0 Å². The van der Waals surface area contributed by atoms with Crippen molar-refractivity contribution >= 4 is 22.8 Å². The Labute approximate surface area is 176 Å². The molecule has 31 heavy (non-hydrogen) atoms. The molecule has 1 N–H and O–H groups in total. The van der Waals surface area contributed by atoms with Crippen LogP contribution in [0.1, 0.15) is 24.1 Å². The highest BCUT2D eigenvalue weighted by Crippen LogP contribution is 2.36. The summed E-state index contributed by atoms with van der Waals surface area (Å²) in [4.78, 5) is 22.0. The number of piperidine rings is 1. The van der Waals surface area contributed by atoms with E-state index in [-0.39, 0.29) is 42.8 Å². The molecule has 3 aromatic rings. The Hall–Kier alpha value is -3.23. The van der Waals surface area contributed by atoms with Gasteiger partial charge in [0.25, 0.3) is 0 Å². The zero-order valence-corrected chi connectivity index (χ0v) is 16.5. The Morgan fingerprint density at radius 1 is 1.00 bits per heavy atom. The second-order valence-corrected chi connectivity index (χ2v) is 7.45. The molecule has 0 bridgehead atoms. The molecular weight excluding hydrogens is 412 g/mol. The van der Waals surface area contributed by atoms with Crippen molar-refractivity contribution in [2.45, 2.75) is 25.6 Å². The SMILES string of the molecule is O=C(NCc1ccccc1F)C1CCN(c2nc3ccccc3nc2C(F)(F)F)CC1. The zero-order chi connectivity index (χ0) is 22.0. The minimum atomic E-state index is -4.64. The molecule has 0 saturated carbocycles. The van der Waals surface area contributed by atoms with Crippen LogP contribution >= 0.6 is 0 Å². The molecule has 1 aliphatic heterocycles. The quantitative estimate of drug-likeness (QED) is 0.624. The highest BCUT2D eigenvalue weighted by molar-refractivity contribution is 5.79. The Bertz CT molecular complexity index is 1090. The van der Waals surface area contributed by atoms with E-state index in [0.29, 0.717) is 23.9 Å². The fourth-order valence-corrected chi connectivity index (χ4v) is 3.72. The van der Waals surface area contributed by atoms with Crippen LogP contribution in [0, 0.1) is 11.7 Å². The second-order valence-electron chi connectivity index (χ2n) is 7.45. The standard InChI is InChI=1S/C22H20F4N4O/c23-16-6-2-1-5-15(16)13-27-21(31)14-9-11-30(12-10-14)20-19(22(24,25)26)28-17-7-3-4-8-18(17)29-20/h1-8,14H,9-13H2,(H,27,31). The van der Waals surface area contributed by atoms with Crippen molar-refractivity contribution in [3.63, 3.8) is 0 Å². The van der Waals surface area contributed by atoms with Gasteiger partial charge < -0.3 is 10.2 Å². The summed E-state index contributed by atoms with van der Waals surface area (Å²) in [6, 6.07) is 12.6. The minimum absolute atomic E-state index is 0.0695. The second kappa shape index (κ2) is 8.49. The van der Waals surface area contributed by atoms with Gasteiger partial charge in [0.1, 0.15) is 5.82 Å². The Morgan fingerprint density at radius 3 is 2.26 bits per heavy atom. The van der Waals surface area contributed by atoms with Crippen LogP contribution in [0.4, 0.5) is 23.4 Å². The normalized spacial score (nSPS) is 15.3. The highest BCUT2D eigenvalue weighted by atomic mass is 19.4. The summed E-state index contributed by atoms with van der Waals surface area (Å²) in [7, 11) is 0. The lowest BCUT2D eigenvalue weighted by Crippen LogP contribution is -2.41. The lowest BCUT2D eigenvalue weighted by atomic mass is 9.95. The molecule has 9 heteroatoms. The monoisotopic (exact) mass is 432 g/mol. The van der Waals surface area contributed by atoms with Crippen LogP contribution in [-0.4, -0.2) is 29.0 Å². The molecule has 0 aliphatic carbocycles. The van der Waals surface area contributed by atoms with E-state index in [9.17, 15) is 22.4 Å². The number of fused-ring (bicyclic) bond motifs is 1. The maximum Gasteiger partial charge on any atom is 0.437 e. The van der Waals surface area contributed by atoms with Gasteiger partial charge in [0.15, 0.2) is 11.5 Å². The molecule has 0 radical (unpaired) electrons. The number of carbonyl (C=O) groups is 1. The average Bonchev–Trinajstić information content (AvgIpc) is 2.77. The van der Waals surface area contributed by atoms with Crippen molar-refractivity contribution in [2.75, 3.05) is 18.0 Å². The molecule has 162 valence electrons. The van der Waals surface area contributed by atoms with Crippen LogP contribution in [-0.2, 0) is 17.5 Å². The number of anilines is 1. The van der Waals surface area contributed by atoms with Crippen molar-refractivity contribution < 1.29 is 22.4 Å². The predicted octanol–water partition coefficient (Wildman–Crippen LogP) is 4.32. The summed E-state index contributed by atoms with van der Waals surface area (Å²) >= 11 is 0. The van der Waals surface area contributed by atoms with Crippen molar-refractivity contribution in [1.82, 2.24) is 15.3 Å². The number of hydrogen-bond donors (Lipinski definition) is 1. The van der Waals surface area contributed by atoms with Gasteiger partial charge in [0, 0.05) is 31.1 Å². The first-order valence-electron chi connectivity index (χ1n) is 9.93. The molecule has 0 unspecified atom stereocenters. The predicted molar refractivity (Wildman–Crippen MR) is 108 cm³/mol. The van der Waals surface area contributed by atoms with E-state index in [1.807, 2.05) is 0 Å². The third kappa shape index (κ3) is 4.60. The van der Waals surface area contributed by atoms with Crippen molar-refractivity contribution in [2.24, 2.45) is 5.92 Å². The maximum absolute atomic E-state index is 13.7. The minimum Gasteiger partial charge on any atom is -0.355 e. The summed E-state index contributed by atoms with van der Waals surface area (Å²) in [5.41, 5.74) is -0.0700. The van der Waals surface area contributed by atoms with Gasteiger partial charge in [-0.05, 0) is 31.0 Å². The van der Waals surface area contributed by atoms with E-state index in [1.54, 1.807) is 36.4 Å². The Kier molecular flexibility index (Phi) is 5.75. The number of halogens is 4. The molecule has 1 aliphatic rings. The summed E-state index contributed by atoms with van der Waals surface area (Å²) in [5.74, 6) is -1.20. The number of aromatic nitrogens is 2. The number of benzene rings is 2. The van der Waals surface area contributed by atoms with E-state index in [1.165, 1.54) is 17.0 Å². The summed E-state index contributed by atoms with van der Waals surface area (Å²) in [6.07, 6.45) is -3.90. The van der Waals surface area contributed by atoms with Gasteiger partial charge in [0.05, 0.1) is 11.0 Å². The van der Waals surface area contributed by atoms with E-state index < -0.39 is 17.7 Å². The van der Waals surface area contributed by atoms with Gasteiger partial charge in [-0.3, -0.25) is 4.79 Å². The molecular formula is C22H20F4N4O.